The maximum absolute atomic E-state index is 13.0. The number of benzene rings is 1. The third-order valence-corrected chi connectivity index (χ3v) is 3.35. The van der Waals surface area contributed by atoms with Crippen LogP contribution in [-0.2, 0) is 4.79 Å². The Bertz CT molecular complexity index is 634. The van der Waals surface area contributed by atoms with Crippen LogP contribution < -0.4 is 5.73 Å². The smallest absolute Gasteiger partial charge is 0.313 e. The zero-order chi connectivity index (χ0) is 14.0. The highest BCUT2D eigenvalue weighted by Crippen LogP contribution is 2.28. The van der Waals surface area contributed by atoms with Crippen molar-refractivity contribution in [2.45, 2.75) is 5.16 Å². The van der Waals surface area contributed by atoms with E-state index in [4.69, 9.17) is 22.4 Å². The van der Waals surface area contributed by atoms with Crippen LogP contribution in [0.1, 0.15) is 0 Å². The van der Waals surface area contributed by atoms with Gasteiger partial charge in [0, 0.05) is 0 Å². The molecule has 1 aromatic carbocycles. The van der Waals surface area contributed by atoms with Crippen LogP contribution in [0.25, 0.3) is 5.69 Å². The standard InChI is InChI=1S/C10H8ClFN4O2S/c11-6-3-5(12)1-2-7(6)16-9(13)14-15-10(16)19-4-8(17)18/h1-3H,4H2,(H2,13,14)(H,17,18). The van der Waals surface area contributed by atoms with Gasteiger partial charge in [0.25, 0.3) is 0 Å². The number of rotatable bonds is 4. The minimum absolute atomic E-state index is 0.0430. The van der Waals surface area contributed by atoms with Gasteiger partial charge in [0.2, 0.25) is 5.95 Å². The summed E-state index contributed by atoms with van der Waals surface area (Å²) in [4.78, 5) is 10.6. The summed E-state index contributed by atoms with van der Waals surface area (Å²) in [6, 6.07) is 3.76. The number of nitrogens with two attached hydrogens (primary N) is 1. The highest BCUT2D eigenvalue weighted by molar-refractivity contribution is 7.99. The van der Waals surface area contributed by atoms with Crippen molar-refractivity contribution in [3.8, 4) is 5.69 Å². The molecule has 0 aliphatic rings. The Balaban J connectivity index is 2.43. The molecule has 0 fully saturated rings. The lowest BCUT2D eigenvalue weighted by Crippen LogP contribution is -2.05. The van der Waals surface area contributed by atoms with E-state index in [-0.39, 0.29) is 21.9 Å². The second-order valence-electron chi connectivity index (χ2n) is 3.45. The Morgan fingerprint density at radius 1 is 1.53 bits per heavy atom. The van der Waals surface area contributed by atoms with E-state index in [0.29, 0.717) is 5.69 Å². The first-order valence-electron chi connectivity index (χ1n) is 5.00. The summed E-state index contributed by atoms with van der Waals surface area (Å²) in [6.07, 6.45) is 0. The monoisotopic (exact) mass is 302 g/mol. The quantitative estimate of drug-likeness (QED) is 0.837. The van der Waals surface area contributed by atoms with Crippen molar-refractivity contribution < 1.29 is 14.3 Å². The van der Waals surface area contributed by atoms with E-state index in [1.807, 2.05) is 0 Å². The summed E-state index contributed by atoms with van der Waals surface area (Å²) in [6.45, 7) is 0. The van der Waals surface area contributed by atoms with Gasteiger partial charge in [-0.2, -0.15) is 0 Å². The fraction of sp³-hybridized carbons (Fsp3) is 0.100. The highest BCUT2D eigenvalue weighted by atomic mass is 35.5. The third-order valence-electron chi connectivity index (χ3n) is 2.13. The van der Waals surface area contributed by atoms with E-state index in [0.717, 1.165) is 17.8 Å². The number of carbonyl (C=O) groups is 1. The summed E-state index contributed by atoms with van der Waals surface area (Å²) in [5.41, 5.74) is 6.05. The van der Waals surface area contributed by atoms with Gasteiger partial charge in [0.05, 0.1) is 16.5 Å². The van der Waals surface area contributed by atoms with Crippen molar-refractivity contribution in [3.63, 3.8) is 0 Å². The number of nitrogens with zero attached hydrogens (tertiary/aromatic N) is 3. The SMILES string of the molecule is Nc1nnc(SCC(=O)O)n1-c1ccc(F)cc1Cl. The average molecular weight is 303 g/mol. The topological polar surface area (TPSA) is 94.0 Å². The van der Waals surface area contributed by atoms with E-state index >= 15 is 0 Å². The molecule has 0 spiro atoms. The molecule has 0 aliphatic carbocycles. The van der Waals surface area contributed by atoms with Crippen LogP contribution in [0.2, 0.25) is 5.02 Å². The minimum atomic E-state index is -0.997. The number of carboxylic acid groups (broad SMARTS) is 1. The highest BCUT2D eigenvalue weighted by Gasteiger charge is 2.16. The number of carboxylic acids is 1. The van der Waals surface area contributed by atoms with E-state index in [1.165, 1.54) is 16.7 Å². The van der Waals surface area contributed by atoms with E-state index in [1.54, 1.807) is 0 Å². The van der Waals surface area contributed by atoms with Crippen LogP contribution >= 0.6 is 23.4 Å². The number of anilines is 1. The van der Waals surface area contributed by atoms with Gasteiger partial charge in [-0.1, -0.05) is 23.4 Å². The fourth-order valence-electron chi connectivity index (χ4n) is 1.39. The van der Waals surface area contributed by atoms with Gasteiger partial charge in [0.15, 0.2) is 5.16 Å². The van der Waals surface area contributed by atoms with Gasteiger partial charge >= 0.3 is 5.97 Å². The van der Waals surface area contributed by atoms with Crippen molar-refractivity contribution in [1.29, 1.82) is 0 Å². The molecule has 0 amide bonds. The lowest BCUT2D eigenvalue weighted by Gasteiger charge is -2.09. The molecule has 0 radical (unpaired) electrons. The predicted molar refractivity (Wildman–Crippen MR) is 69.1 cm³/mol. The average Bonchev–Trinajstić information content (AvgIpc) is 2.68. The number of nitrogen functional groups attached to an aromatic ring is 1. The summed E-state index contributed by atoms with van der Waals surface area (Å²) < 4.78 is 14.4. The van der Waals surface area contributed by atoms with E-state index in [9.17, 15) is 9.18 Å². The van der Waals surface area contributed by atoms with Crippen molar-refractivity contribution in [1.82, 2.24) is 14.8 Å². The zero-order valence-corrected chi connectivity index (χ0v) is 11.0. The van der Waals surface area contributed by atoms with Crippen LogP contribution in [0.5, 0.6) is 0 Å². The Labute approximate surface area is 116 Å². The molecule has 2 aromatic rings. The lowest BCUT2D eigenvalue weighted by molar-refractivity contribution is -0.133. The molecule has 0 bridgehead atoms. The lowest BCUT2D eigenvalue weighted by atomic mass is 10.3. The van der Waals surface area contributed by atoms with Crippen LogP contribution in [0.15, 0.2) is 23.4 Å². The van der Waals surface area contributed by atoms with Crippen LogP contribution in [0.3, 0.4) is 0 Å². The fourth-order valence-corrected chi connectivity index (χ4v) is 2.31. The van der Waals surface area contributed by atoms with Crippen molar-refractivity contribution in [2.75, 3.05) is 11.5 Å². The first-order chi connectivity index (χ1) is 8.99. The number of aliphatic carboxylic acids is 1. The van der Waals surface area contributed by atoms with Crippen molar-refractivity contribution in [3.05, 3.63) is 29.0 Å². The van der Waals surface area contributed by atoms with Crippen LogP contribution in [-0.4, -0.2) is 31.6 Å². The molecular formula is C10H8ClFN4O2S. The molecular weight excluding hydrogens is 295 g/mol. The van der Waals surface area contributed by atoms with Crippen LogP contribution in [0.4, 0.5) is 10.3 Å². The summed E-state index contributed by atoms with van der Waals surface area (Å²) in [5.74, 6) is -1.64. The Morgan fingerprint density at radius 3 is 2.89 bits per heavy atom. The summed E-state index contributed by atoms with van der Waals surface area (Å²) >= 11 is 6.87. The molecule has 6 nitrogen and oxygen atoms in total. The number of aromatic nitrogens is 3. The van der Waals surface area contributed by atoms with Crippen molar-refractivity contribution in [2.24, 2.45) is 0 Å². The minimum Gasteiger partial charge on any atom is -0.481 e. The second kappa shape index (κ2) is 5.45. The number of thioether (sulfide) groups is 1. The molecule has 3 N–H and O–H groups in total. The summed E-state index contributed by atoms with van der Waals surface area (Å²) in [5, 5.41) is 16.5. The molecule has 0 aliphatic heterocycles. The number of hydrogen-bond acceptors (Lipinski definition) is 5. The van der Waals surface area contributed by atoms with Crippen LogP contribution in [0, 0.1) is 5.82 Å². The molecule has 1 heterocycles. The Hall–Kier alpha value is -1.80. The largest absolute Gasteiger partial charge is 0.481 e. The van der Waals surface area contributed by atoms with E-state index < -0.39 is 11.8 Å². The predicted octanol–water partition coefficient (Wildman–Crippen LogP) is 1.82. The zero-order valence-electron chi connectivity index (χ0n) is 9.38. The molecule has 0 saturated heterocycles. The van der Waals surface area contributed by atoms with Gasteiger partial charge in [-0.05, 0) is 18.2 Å². The first kappa shape index (κ1) is 13.6. The van der Waals surface area contributed by atoms with Gasteiger partial charge in [-0.25, -0.2) is 4.39 Å². The number of halogens is 2. The van der Waals surface area contributed by atoms with Gasteiger partial charge < -0.3 is 10.8 Å². The molecule has 0 atom stereocenters. The number of hydrogen-bond donors (Lipinski definition) is 2. The first-order valence-corrected chi connectivity index (χ1v) is 6.36. The molecule has 0 saturated carbocycles. The molecule has 0 unspecified atom stereocenters. The molecule has 100 valence electrons. The second-order valence-corrected chi connectivity index (χ2v) is 4.80. The third kappa shape index (κ3) is 2.96. The normalized spacial score (nSPS) is 10.6. The molecule has 1 aromatic heterocycles. The Kier molecular flexibility index (Phi) is 3.91. The van der Waals surface area contributed by atoms with E-state index in [2.05, 4.69) is 10.2 Å². The molecule has 2 rings (SSSR count). The maximum Gasteiger partial charge on any atom is 0.313 e. The Morgan fingerprint density at radius 2 is 2.26 bits per heavy atom. The van der Waals surface area contributed by atoms with Gasteiger partial charge in [-0.3, -0.25) is 9.36 Å². The van der Waals surface area contributed by atoms with Crippen molar-refractivity contribution >= 4 is 35.3 Å². The summed E-state index contributed by atoms with van der Waals surface area (Å²) in [7, 11) is 0. The maximum atomic E-state index is 13.0. The van der Waals surface area contributed by atoms with Gasteiger partial charge in [-0.15, -0.1) is 10.2 Å². The molecule has 19 heavy (non-hydrogen) atoms. The van der Waals surface area contributed by atoms with Gasteiger partial charge in [0.1, 0.15) is 5.82 Å². The molecule has 9 heteroatoms.